The first kappa shape index (κ1) is 18.5. The Kier molecular flexibility index (Phi) is 6.01. The van der Waals surface area contributed by atoms with Gasteiger partial charge in [0, 0.05) is 36.8 Å². The second kappa shape index (κ2) is 8.43. The molecular formula is C20H24ClN3O2. The van der Waals surface area contributed by atoms with Crippen LogP contribution in [0.3, 0.4) is 0 Å². The van der Waals surface area contributed by atoms with Gasteiger partial charge in [-0.1, -0.05) is 41.9 Å². The number of halogens is 1. The molecule has 2 aromatic rings. The third kappa shape index (κ3) is 4.29. The summed E-state index contributed by atoms with van der Waals surface area (Å²) in [5.41, 5.74) is 2.09. The normalized spacial score (nSPS) is 17.8. The van der Waals surface area contributed by atoms with Crippen molar-refractivity contribution in [3.8, 4) is 5.75 Å². The molecule has 5 nitrogen and oxygen atoms in total. The van der Waals surface area contributed by atoms with E-state index in [2.05, 4.69) is 23.3 Å². The van der Waals surface area contributed by atoms with E-state index in [1.54, 1.807) is 7.11 Å². The Morgan fingerprint density at radius 1 is 1.23 bits per heavy atom. The molecule has 1 heterocycles. The Hall–Kier alpha value is -2.24. The zero-order chi connectivity index (χ0) is 18.5. The predicted octanol–water partition coefficient (Wildman–Crippen LogP) is 3.55. The Labute approximate surface area is 159 Å². The second-order valence-electron chi connectivity index (χ2n) is 6.47. The van der Waals surface area contributed by atoms with Gasteiger partial charge in [0.05, 0.1) is 13.2 Å². The van der Waals surface area contributed by atoms with Crippen LogP contribution in [-0.2, 0) is 6.54 Å². The fourth-order valence-corrected chi connectivity index (χ4v) is 3.48. The summed E-state index contributed by atoms with van der Waals surface area (Å²) in [5.74, 6) is 0.852. The Morgan fingerprint density at radius 2 is 2.04 bits per heavy atom. The highest BCUT2D eigenvalue weighted by molar-refractivity contribution is 6.30. The van der Waals surface area contributed by atoms with Gasteiger partial charge in [-0.25, -0.2) is 4.79 Å². The van der Waals surface area contributed by atoms with Crippen LogP contribution in [0.4, 0.5) is 4.79 Å². The van der Waals surface area contributed by atoms with Gasteiger partial charge in [0.15, 0.2) is 0 Å². The van der Waals surface area contributed by atoms with Crippen molar-refractivity contribution in [2.24, 2.45) is 0 Å². The van der Waals surface area contributed by atoms with E-state index in [4.69, 9.17) is 16.3 Å². The zero-order valence-electron chi connectivity index (χ0n) is 15.1. The van der Waals surface area contributed by atoms with Crippen molar-refractivity contribution in [1.82, 2.24) is 15.1 Å². The molecule has 2 aromatic carbocycles. The molecule has 26 heavy (non-hydrogen) atoms. The Balaban J connectivity index is 1.66. The summed E-state index contributed by atoms with van der Waals surface area (Å²) in [7, 11) is 3.76. The molecule has 1 aliphatic heterocycles. The van der Waals surface area contributed by atoms with Gasteiger partial charge in [-0.2, -0.15) is 0 Å². The predicted molar refractivity (Wildman–Crippen MR) is 104 cm³/mol. The van der Waals surface area contributed by atoms with Gasteiger partial charge in [0.2, 0.25) is 0 Å². The third-order valence-corrected chi connectivity index (χ3v) is 5.00. The van der Waals surface area contributed by atoms with Crippen LogP contribution in [0.5, 0.6) is 5.75 Å². The summed E-state index contributed by atoms with van der Waals surface area (Å²) in [6, 6.07) is 15.6. The maximum Gasteiger partial charge on any atom is 0.317 e. The fraction of sp³-hybridized carbons (Fsp3) is 0.350. The number of nitrogens with one attached hydrogen (secondary N) is 1. The van der Waals surface area contributed by atoms with Crippen LogP contribution in [0.1, 0.15) is 17.2 Å². The number of hydrogen-bond donors (Lipinski definition) is 1. The van der Waals surface area contributed by atoms with E-state index in [0.29, 0.717) is 24.7 Å². The average molecular weight is 374 g/mol. The number of amides is 2. The first-order valence-electron chi connectivity index (χ1n) is 8.69. The van der Waals surface area contributed by atoms with E-state index in [9.17, 15) is 4.79 Å². The number of rotatable bonds is 4. The molecule has 0 bridgehead atoms. The summed E-state index contributed by atoms with van der Waals surface area (Å²) >= 11 is 6.00. The highest BCUT2D eigenvalue weighted by Gasteiger charge is 2.30. The Bertz CT molecular complexity index is 768. The highest BCUT2D eigenvalue weighted by Crippen LogP contribution is 2.31. The van der Waals surface area contributed by atoms with Crippen molar-refractivity contribution in [2.75, 3.05) is 33.8 Å². The molecule has 1 saturated heterocycles. The van der Waals surface area contributed by atoms with Gasteiger partial charge in [-0.15, -0.1) is 0 Å². The first-order valence-corrected chi connectivity index (χ1v) is 9.06. The quantitative estimate of drug-likeness (QED) is 0.891. The zero-order valence-corrected chi connectivity index (χ0v) is 15.9. The van der Waals surface area contributed by atoms with Crippen molar-refractivity contribution in [1.29, 1.82) is 0 Å². The number of urea groups is 1. The van der Waals surface area contributed by atoms with Crippen LogP contribution in [0.15, 0.2) is 48.5 Å². The molecule has 138 valence electrons. The molecule has 1 unspecified atom stereocenters. The van der Waals surface area contributed by atoms with Crippen molar-refractivity contribution >= 4 is 17.6 Å². The number of methoxy groups -OCH3 is 1. The number of ether oxygens (including phenoxy) is 1. The average Bonchev–Trinajstić information content (AvgIpc) is 2.66. The maximum atomic E-state index is 12.6. The van der Waals surface area contributed by atoms with E-state index in [-0.39, 0.29) is 12.1 Å². The van der Waals surface area contributed by atoms with E-state index in [1.165, 1.54) is 0 Å². The molecule has 2 amide bonds. The minimum absolute atomic E-state index is 0.0574. The summed E-state index contributed by atoms with van der Waals surface area (Å²) in [6.07, 6.45) is 0. The minimum Gasteiger partial charge on any atom is -0.496 e. The molecule has 3 rings (SSSR count). The van der Waals surface area contributed by atoms with Gasteiger partial charge < -0.3 is 15.0 Å². The summed E-state index contributed by atoms with van der Waals surface area (Å²) in [6.45, 7) is 2.60. The molecular weight excluding hydrogens is 350 g/mol. The van der Waals surface area contributed by atoms with Crippen LogP contribution in [0.25, 0.3) is 0 Å². The molecule has 0 aromatic heterocycles. The molecule has 6 heteroatoms. The van der Waals surface area contributed by atoms with Crippen molar-refractivity contribution in [3.05, 3.63) is 64.7 Å². The fourth-order valence-electron chi connectivity index (χ4n) is 3.27. The van der Waals surface area contributed by atoms with Crippen LogP contribution in [0.2, 0.25) is 5.02 Å². The van der Waals surface area contributed by atoms with E-state index in [0.717, 1.165) is 23.4 Å². The maximum absolute atomic E-state index is 12.6. The van der Waals surface area contributed by atoms with Crippen molar-refractivity contribution in [3.63, 3.8) is 0 Å². The molecule has 1 aliphatic rings. The number of benzene rings is 2. The summed E-state index contributed by atoms with van der Waals surface area (Å²) in [5, 5.41) is 3.66. The SMILES string of the molecule is COc1ccccc1C1CN(C(=O)NCc2cccc(Cl)c2)CCN1C. The van der Waals surface area contributed by atoms with Gasteiger partial charge in [0.25, 0.3) is 0 Å². The van der Waals surface area contributed by atoms with Gasteiger partial charge in [-0.05, 0) is 30.8 Å². The molecule has 0 spiro atoms. The van der Waals surface area contributed by atoms with Crippen LogP contribution in [0, 0.1) is 0 Å². The van der Waals surface area contributed by atoms with Gasteiger partial charge >= 0.3 is 6.03 Å². The van der Waals surface area contributed by atoms with Crippen LogP contribution >= 0.6 is 11.6 Å². The lowest BCUT2D eigenvalue weighted by Gasteiger charge is -2.40. The molecule has 1 atom stereocenters. The van der Waals surface area contributed by atoms with Crippen LogP contribution in [-0.4, -0.2) is 49.6 Å². The van der Waals surface area contributed by atoms with E-state index < -0.39 is 0 Å². The third-order valence-electron chi connectivity index (χ3n) is 4.77. The number of carbonyl (C=O) groups is 1. The molecule has 0 saturated carbocycles. The van der Waals surface area contributed by atoms with Crippen molar-refractivity contribution < 1.29 is 9.53 Å². The smallest absolute Gasteiger partial charge is 0.317 e. The largest absolute Gasteiger partial charge is 0.496 e. The number of likely N-dealkylation sites (N-methyl/N-ethyl adjacent to an activating group) is 1. The lowest BCUT2D eigenvalue weighted by atomic mass is 10.0. The topological polar surface area (TPSA) is 44.8 Å². The van der Waals surface area contributed by atoms with Gasteiger partial charge in [-0.3, -0.25) is 4.90 Å². The molecule has 1 fully saturated rings. The first-order chi connectivity index (χ1) is 12.6. The number of nitrogens with zero attached hydrogens (tertiary/aromatic N) is 2. The standard InChI is InChI=1S/C20H24ClN3O2/c1-23-10-11-24(14-18(23)17-8-3-4-9-19(17)26-2)20(25)22-13-15-6-5-7-16(21)12-15/h3-9,12,18H,10-11,13-14H2,1-2H3,(H,22,25). The lowest BCUT2D eigenvalue weighted by molar-refractivity contribution is 0.108. The lowest BCUT2D eigenvalue weighted by Crippen LogP contribution is -2.51. The number of piperazine rings is 1. The number of para-hydroxylation sites is 1. The summed E-state index contributed by atoms with van der Waals surface area (Å²) < 4.78 is 5.50. The monoisotopic (exact) mass is 373 g/mol. The van der Waals surface area contributed by atoms with E-state index >= 15 is 0 Å². The highest BCUT2D eigenvalue weighted by atomic mass is 35.5. The number of carbonyl (C=O) groups excluding carboxylic acids is 1. The molecule has 0 aliphatic carbocycles. The van der Waals surface area contributed by atoms with Crippen LogP contribution < -0.4 is 10.1 Å². The second-order valence-corrected chi connectivity index (χ2v) is 6.91. The molecule has 0 radical (unpaired) electrons. The minimum atomic E-state index is -0.0574. The number of hydrogen-bond acceptors (Lipinski definition) is 3. The van der Waals surface area contributed by atoms with Gasteiger partial charge in [0.1, 0.15) is 5.75 Å². The van der Waals surface area contributed by atoms with Crippen molar-refractivity contribution in [2.45, 2.75) is 12.6 Å². The summed E-state index contributed by atoms with van der Waals surface area (Å²) in [4.78, 5) is 16.8. The van der Waals surface area contributed by atoms with E-state index in [1.807, 2.05) is 47.4 Å². The Morgan fingerprint density at radius 3 is 2.81 bits per heavy atom. The molecule has 1 N–H and O–H groups in total.